The Kier molecular flexibility index (Phi) is 7.07. The first-order valence-corrected chi connectivity index (χ1v) is 6.86. The molecule has 0 aliphatic heterocycles. The fraction of sp³-hybridized carbons (Fsp3) is 0. The molecule has 0 atom stereocenters. The Bertz CT molecular complexity index is 34.6. The topological polar surface area (TPSA) is 0 Å². The van der Waals surface area contributed by atoms with Gasteiger partial charge in [-0.1, -0.05) is 20.9 Å². The normalized spacial score (nSPS) is 8.40. The van der Waals surface area contributed by atoms with Gasteiger partial charge in [0.05, 0.1) is 0 Å². The van der Waals surface area contributed by atoms with E-state index in [0.717, 1.165) is 0 Å². The zero-order valence-electron chi connectivity index (χ0n) is 2.62. The largest absolute Gasteiger partial charge is 0.498 e. The summed E-state index contributed by atoms with van der Waals surface area (Å²) in [6.07, 6.45) is 0. The molecule has 5 heavy (non-hydrogen) atoms. The van der Waals surface area contributed by atoms with Gasteiger partial charge < -0.3 is 0 Å². The second kappa shape index (κ2) is 5.47. The quantitative estimate of drug-likeness (QED) is 0.579. The third-order valence-corrected chi connectivity index (χ3v) is 2.78. The van der Waals surface area contributed by atoms with Crippen LogP contribution in [0.3, 0.4) is 0 Å². The molecule has 0 amide bonds. The lowest BCUT2D eigenvalue weighted by molar-refractivity contribution is 2.56. The molecular weight excluding hydrogens is 208 g/mol. The van der Waals surface area contributed by atoms with Crippen molar-refractivity contribution in [3.63, 3.8) is 0 Å². The van der Waals surface area contributed by atoms with E-state index >= 15 is 0 Å². The van der Waals surface area contributed by atoms with Crippen LogP contribution < -0.4 is 0 Å². The van der Waals surface area contributed by atoms with Crippen molar-refractivity contribution in [2.24, 2.45) is 0 Å². The predicted octanol–water partition coefficient (Wildman–Crippen LogP) is 1.87. The Morgan fingerprint density at radius 1 is 1.60 bits per heavy atom. The minimum Gasteiger partial charge on any atom is -0.297 e. The highest BCUT2D eigenvalue weighted by atomic mass is 79.9. The van der Waals surface area contributed by atoms with E-state index in [-0.39, 0.29) is 18.2 Å². The fourth-order valence-electron chi connectivity index (χ4n) is 0.0337. The summed E-state index contributed by atoms with van der Waals surface area (Å²) >= 11 is 6.46. The smallest absolute Gasteiger partial charge is 0.297 e. The van der Waals surface area contributed by atoms with Crippen LogP contribution in [0.5, 0.6) is 0 Å². The van der Waals surface area contributed by atoms with Crippen molar-refractivity contribution in [1.29, 1.82) is 0 Å². The van der Waals surface area contributed by atoms with Crippen molar-refractivity contribution in [2.45, 2.75) is 0 Å². The van der Waals surface area contributed by atoms with Gasteiger partial charge in [0, 0.05) is 0 Å². The molecule has 0 saturated carbocycles. The summed E-state index contributed by atoms with van der Waals surface area (Å²) in [6, 6.07) is 0. The van der Waals surface area contributed by atoms with E-state index in [1.54, 1.807) is 0 Å². The highest BCUT2D eigenvalue weighted by molar-refractivity contribution is 9.23. The van der Waals surface area contributed by atoms with Gasteiger partial charge in [0.25, 0.3) is 0 Å². The first-order chi connectivity index (χ1) is 2.41. The number of halogens is 2. The zero-order valence-corrected chi connectivity index (χ0v) is 7.20. The van der Waals surface area contributed by atoms with Crippen LogP contribution in [-0.4, -0.2) is 18.2 Å². The average molecular weight is 210 g/mol. The van der Waals surface area contributed by atoms with Gasteiger partial charge in [-0.15, -0.1) is 0 Å². The number of hydrogen-bond acceptors (Lipinski definition) is 0. The average Bonchev–Trinajstić information content (AvgIpc) is 1.41. The monoisotopic (exact) mass is 208 g/mol. The molecule has 0 spiro atoms. The van der Waals surface area contributed by atoms with Gasteiger partial charge in [-0.3, -0.25) is 12.9 Å². The Labute approximate surface area is 55.7 Å². The van der Waals surface area contributed by atoms with Crippen LogP contribution >= 0.6 is 28.8 Å². The molecule has 0 rings (SSSR count). The van der Waals surface area contributed by atoms with E-state index in [1.807, 2.05) is 4.99 Å². The first kappa shape index (κ1) is 6.47. The van der Waals surface area contributed by atoms with Crippen LogP contribution in [0.15, 0.2) is 9.19 Å². The highest BCUT2D eigenvalue weighted by Crippen LogP contribution is 1.82. The van der Waals surface area contributed by atoms with Crippen LogP contribution in [0.1, 0.15) is 0 Å². The molecule has 0 nitrogen and oxygen atoms in total. The summed E-state index contributed by atoms with van der Waals surface area (Å²) < 4.78 is 2.10. The fourth-order valence-corrected chi connectivity index (χ4v) is 2.73. The molecule has 0 aromatic carbocycles. The van der Waals surface area contributed by atoms with Gasteiger partial charge in [-0.05, 0) is 0 Å². The summed E-state index contributed by atoms with van der Waals surface area (Å²) in [6.45, 7) is 0. The molecule has 3 heteroatoms. The first-order valence-electron chi connectivity index (χ1n) is 1.23. The lowest BCUT2D eigenvalue weighted by atomic mass is 11.3. The maximum Gasteiger partial charge on any atom is 0.498 e. The third-order valence-electron chi connectivity index (χ3n) is 0.178. The SMILES string of the molecule is BrC=[CH][Mg][Br]. The van der Waals surface area contributed by atoms with Crippen LogP contribution in [0.25, 0.3) is 0 Å². The molecule has 0 aliphatic rings. The van der Waals surface area contributed by atoms with Crippen LogP contribution in [0, 0.1) is 0 Å². The van der Waals surface area contributed by atoms with Crippen molar-refractivity contribution in [1.82, 2.24) is 0 Å². The van der Waals surface area contributed by atoms with Gasteiger partial charge in [-0.2, -0.15) is 4.21 Å². The van der Waals surface area contributed by atoms with Crippen LogP contribution in [0.2, 0.25) is 0 Å². The van der Waals surface area contributed by atoms with Gasteiger partial charge in [0.2, 0.25) is 0 Å². The molecule has 0 radical (unpaired) electrons. The van der Waals surface area contributed by atoms with Gasteiger partial charge in [0.15, 0.2) is 0 Å². The summed E-state index contributed by atoms with van der Waals surface area (Å²) in [7, 11) is 0. The Hall–Kier alpha value is 1.47. The van der Waals surface area contributed by atoms with Crippen molar-refractivity contribution >= 4 is 47.0 Å². The van der Waals surface area contributed by atoms with E-state index in [4.69, 9.17) is 0 Å². The van der Waals surface area contributed by atoms with Gasteiger partial charge in [0.1, 0.15) is 0 Å². The van der Waals surface area contributed by atoms with Crippen molar-refractivity contribution in [2.75, 3.05) is 0 Å². The molecule has 0 aromatic rings. The van der Waals surface area contributed by atoms with Crippen LogP contribution in [0.4, 0.5) is 0 Å². The maximum atomic E-state index is 3.33. The Morgan fingerprint density at radius 3 is 2.20 bits per heavy atom. The van der Waals surface area contributed by atoms with Gasteiger partial charge in [-0.25, -0.2) is 0 Å². The number of rotatable bonds is 1. The maximum absolute atomic E-state index is 3.33. The minimum absolute atomic E-state index is 0.000965. The molecule has 0 saturated heterocycles. The summed E-state index contributed by atoms with van der Waals surface area (Å²) in [5.74, 6) is 0. The van der Waals surface area contributed by atoms with Crippen molar-refractivity contribution < 1.29 is 0 Å². The Balaban J connectivity index is 2.62. The Morgan fingerprint density at radius 2 is 2.20 bits per heavy atom. The predicted molar refractivity (Wildman–Crippen MR) is 32.7 cm³/mol. The lowest BCUT2D eigenvalue weighted by Crippen LogP contribution is -1.55. The van der Waals surface area contributed by atoms with E-state index < -0.39 is 0 Å². The van der Waals surface area contributed by atoms with E-state index in [9.17, 15) is 0 Å². The summed E-state index contributed by atoms with van der Waals surface area (Å²) in [5.41, 5.74) is 0. The number of hydrogen-bond donors (Lipinski definition) is 0. The van der Waals surface area contributed by atoms with Crippen LogP contribution in [-0.2, 0) is 0 Å². The molecule has 0 fully saturated rings. The lowest BCUT2D eigenvalue weighted by Gasteiger charge is -1.56. The molecule has 0 bridgehead atoms. The van der Waals surface area contributed by atoms with Crippen molar-refractivity contribution in [3.8, 4) is 0 Å². The molecule has 0 aliphatic carbocycles. The second-order valence-electron chi connectivity index (χ2n) is 0.516. The summed E-state index contributed by atoms with van der Waals surface area (Å²) in [5, 5.41) is 0. The van der Waals surface area contributed by atoms with E-state index in [1.165, 1.54) is 0 Å². The summed E-state index contributed by atoms with van der Waals surface area (Å²) in [4.78, 5) is 1.88. The molecule has 0 unspecified atom stereocenters. The third kappa shape index (κ3) is 5.47. The molecule has 0 heterocycles. The zero-order chi connectivity index (χ0) is 4.12. The van der Waals surface area contributed by atoms with Gasteiger partial charge >= 0.3 is 18.2 Å². The minimum atomic E-state index is -0.000965. The molecular formula is C2H2Br2Mg. The standard InChI is InChI=1S/C2H2Br.BrH.Mg/c1-2-3;;/h1-2H;1H;/q;;+1/p-1. The highest BCUT2D eigenvalue weighted by Gasteiger charge is 1.69. The molecule has 26 valence electrons. The van der Waals surface area contributed by atoms with Crippen molar-refractivity contribution in [3.05, 3.63) is 9.19 Å². The molecule has 0 aromatic heterocycles. The van der Waals surface area contributed by atoms with E-state index in [0.29, 0.717) is 0 Å². The molecule has 0 N–H and O–H groups in total. The second-order valence-corrected chi connectivity index (χ2v) is 3.77. The van der Waals surface area contributed by atoms with E-state index in [2.05, 4.69) is 33.0 Å².